The van der Waals surface area contributed by atoms with Gasteiger partial charge in [-0.05, 0) is 30.6 Å². The highest BCUT2D eigenvalue weighted by atomic mass is 32.2. The Morgan fingerprint density at radius 3 is 2.55 bits per heavy atom. The van der Waals surface area contributed by atoms with Gasteiger partial charge < -0.3 is 15.2 Å². The van der Waals surface area contributed by atoms with Crippen LogP contribution in [0.25, 0.3) is 0 Å². The van der Waals surface area contributed by atoms with Crippen LogP contribution in [0.5, 0.6) is 0 Å². The summed E-state index contributed by atoms with van der Waals surface area (Å²) in [5, 5.41) is 11.3. The molecule has 0 spiro atoms. The third-order valence-electron chi connectivity index (χ3n) is 3.15. The van der Waals surface area contributed by atoms with E-state index >= 15 is 0 Å². The molecule has 5 nitrogen and oxygen atoms in total. The number of amides is 1. The second kappa shape index (κ2) is 10.1. The van der Waals surface area contributed by atoms with Gasteiger partial charge in [0.2, 0.25) is 0 Å². The van der Waals surface area contributed by atoms with Gasteiger partial charge in [0.1, 0.15) is 6.04 Å². The van der Waals surface area contributed by atoms with E-state index in [1.165, 1.54) is 12.7 Å². The first kappa shape index (κ1) is 18.4. The molecular formula is C16H23NO4S. The van der Waals surface area contributed by atoms with Crippen LogP contribution in [0, 0.1) is 0 Å². The van der Waals surface area contributed by atoms with Crippen LogP contribution in [0.1, 0.15) is 25.3 Å². The Bertz CT molecular complexity index is 466. The van der Waals surface area contributed by atoms with E-state index < -0.39 is 18.1 Å². The number of carbonyl (C=O) groups is 2. The summed E-state index contributed by atoms with van der Waals surface area (Å²) in [6.45, 7) is 2.10. The molecular weight excluding hydrogens is 302 g/mol. The van der Waals surface area contributed by atoms with E-state index in [9.17, 15) is 9.59 Å². The fourth-order valence-corrected chi connectivity index (χ4v) is 3.35. The zero-order valence-electron chi connectivity index (χ0n) is 13.0. The largest absolute Gasteiger partial charge is 0.467 e. The number of methoxy groups -OCH3 is 1. The zero-order valence-corrected chi connectivity index (χ0v) is 13.8. The summed E-state index contributed by atoms with van der Waals surface area (Å²) < 4.78 is 4.69. The summed E-state index contributed by atoms with van der Waals surface area (Å²) in [5.74, 6) is 0.427. The fourth-order valence-electron chi connectivity index (χ4n) is 2.14. The van der Waals surface area contributed by atoms with Gasteiger partial charge in [-0.15, -0.1) is 0 Å². The van der Waals surface area contributed by atoms with E-state index in [-0.39, 0.29) is 5.25 Å². The lowest BCUT2D eigenvalue weighted by molar-refractivity contribution is -0.143. The van der Waals surface area contributed by atoms with Gasteiger partial charge in [0.05, 0.1) is 7.11 Å². The van der Waals surface area contributed by atoms with Crippen molar-refractivity contribution in [2.24, 2.45) is 0 Å². The predicted octanol–water partition coefficient (Wildman–Crippen LogP) is 2.94. The molecule has 0 heterocycles. The summed E-state index contributed by atoms with van der Waals surface area (Å²) in [4.78, 5) is 22.6. The van der Waals surface area contributed by atoms with Gasteiger partial charge in [-0.3, -0.25) is 0 Å². The van der Waals surface area contributed by atoms with E-state index in [0.29, 0.717) is 6.42 Å². The Morgan fingerprint density at radius 2 is 2.00 bits per heavy atom. The molecule has 1 aromatic carbocycles. The van der Waals surface area contributed by atoms with Crippen LogP contribution in [-0.4, -0.2) is 41.3 Å². The summed E-state index contributed by atoms with van der Waals surface area (Å²) in [5.41, 5.74) is 1.18. The molecule has 2 N–H and O–H groups in total. The molecule has 0 radical (unpaired) electrons. The van der Waals surface area contributed by atoms with Crippen molar-refractivity contribution in [2.45, 2.75) is 37.5 Å². The highest BCUT2D eigenvalue weighted by molar-refractivity contribution is 7.99. The molecule has 2 unspecified atom stereocenters. The number of hydrogen-bond donors (Lipinski definition) is 2. The second-order valence-corrected chi connectivity index (χ2v) is 6.35. The minimum absolute atomic E-state index is 0.151. The number of carboxylic acid groups (broad SMARTS) is 1. The fraction of sp³-hybridized carbons (Fsp3) is 0.500. The van der Waals surface area contributed by atoms with Gasteiger partial charge in [-0.2, -0.15) is 11.8 Å². The van der Waals surface area contributed by atoms with Crippen LogP contribution in [0.4, 0.5) is 4.79 Å². The van der Waals surface area contributed by atoms with Gasteiger partial charge in [-0.25, -0.2) is 9.59 Å². The molecule has 2 atom stereocenters. The van der Waals surface area contributed by atoms with Crippen molar-refractivity contribution in [3.05, 3.63) is 35.9 Å². The van der Waals surface area contributed by atoms with E-state index in [4.69, 9.17) is 9.84 Å². The Labute approximate surface area is 135 Å². The van der Waals surface area contributed by atoms with Gasteiger partial charge in [-0.1, -0.05) is 37.3 Å². The average Bonchev–Trinajstić information content (AvgIpc) is 2.51. The normalized spacial score (nSPS) is 13.2. The minimum atomic E-state index is -1.21. The predicted molar refractivity (Wildman–Crippen MR) is 88.3 cm³/mol. The van der Waals surface area contributed by atoms with Gasteiger partial charge in [0.25, 0.3) is 0 Å². The monoisotopic (exact) mass is 325 g/mol. The van der Waals surface area contributed by atoms with Crippen molar-refractivity contribution in [3.63, 3.8) is 0 Å². The first-order valence-electron chi connectivity index (χ1n) is 7.29. The highest BCUT2D eigenvalue weighted by Crippen LogP contribution is 2.22. The van der Waals surface area contributed by atoms with Crippen LogP contribution < -0.4 is 5.32 Å². The molecule has 0 saturated carbocycles. The molecule has 0 aliphatic heterocycles. The maximum atomic E-state index is 11.8. The Morgan fingerprint density at radius 1 is 1.32 bits per heavy atom. The van der Waals surface area contributed by atoms with Crippen molar-refractivity contribution in [2.75, 3.05) is 12.9 Å². The molecule has 6 heteroatoms. The minimum Gasteiger partial charge on any atom is -0.467 e. The Balaban J connectivity index is 2.75. The molecule has 0 saturated heterocycles. The number of rotatable bonds is 9. The molecule has 0 aliphatic carbocycles. The second-order valence-electron chi connectivity index (χ2n) is 4.94. The van der Waals surface area contributed by atoms with Gasteiger partial charge >= 0.3 is 12.1 Å². The molecule has 1 rings (SSSR count). The molecule has 0 bridgehead atoms. The molecule has 0 fully saturated rings. The van der Waals surface area contributed by atoms with E-state index in [1.54, 1.807) is 11.8 Å². The zero-order chi connectivity index (χ0) is 16.4. The number of esters is 1. The van der Waals surface area contributed by atoms with Crippen molar-refractivity contribution in [1.82, 2.24) is 5.32 Å². The number of hydrogen-bond acceptors (Lipinski definition) is 4. The van der Waals surface area contributed by atoms with Crippen molar-refractivity contribution < 1.29 is 19.4 Å². The van der Waals surface area contributed by atoms with E-state index in [0.717, 1.165) is 18.6 Å². The Kier molecular flexibility index (Phi) is 8.43. The van der Waals surface area contributed by atoms with Crippen LogP contribution in [-0.2, 0) is 16.0 Å². The Hall–Kier alpha value is -1.69. The maximum absolute atomic E-state index is 11.8. The smallest absolute Gasteiger partial charge is 0.405 e. The molecule has 122 valence electrons. The maximum Gasteiger partial charge on any atom is 0.405 e. The number of ether oxygens (including phenoxy) is 1. The molecule has 22 heavy (non-hydrogen) atoms. The summed E-state index contributed by atoms with van der Waals surface area (Å²) in [7, 11) is 1.27. The number of carbonyl (C=O) groups excluding carboxylic acids is 1. The van der Waals surface area contributed by atoms with Gasteiger partial charge in [0.15, 0.2) is 0 Å². The lowest BCUT2D eigenvalue weighted by Crippen LogP contribution is -2.42. The average molecular weight is 325 g/mol. The lowest BCUT2D eigenvalue weighted by Gasteiger charge is -2.22. The summed E-state index contributed by atoms with van der Waals surface area (Å²) >= 11 is 1.76. The summed E-state index contributed by atoms with van der Waals surface area (Å²) in [6.07, 6.45) is 1.03. The highest BCUT2D eigenvalue weighted by Gasteiger charge is 2.25. The number of thioether (sulfide) groups is 1. The topological polar surface area (TPSA) is 75.6 Å². The van der Waals surface area contributed by atoms with Crippen molar-refractivity contribution in [3.8, 4) is 0 Å². The quantitative estimate of drug-likeness (QED) is 0.683. The first-order chi connectivity index (χ1) is 10.6. The first-order valence-corrected chi connectivity index (χ1v) is 8.34. The van der Waals surface area contributed by atoms with Crippen LogP contribution in [0.2, 0.25) is 0 Å². The van der Waals surface area contributed by atoms with Crippen LogP contribution >= 0.6 is 11.8 Å². The van der Waals surface area contributed by atoms with E-state index in [2.05, 4.69) is 12.2 Å². The third kappa shape index (κ3) is 6.85. The third-order valence-corrected chi connectivity index (χ3v) is 4.62. The van der Waals surface area contributed by atoms with Crippen LogP contribution in [0.3, 0.4) is 0 Å². The lowest BCUT2D eigenvalue weighted by atomic mass is 10.0. The van der Waals surface area contributed by atoms with Gasteiger partial charge in [0, 0.05) is 5.25 Å². The number of benzene rings is 1. The standard InChI is InChI=1S/C16H23NO4S/c1-3-9-22-13(10-12-7-5-4-6-8-12)11-14(15(18)21-2)17-16(19)20/h4-8,13-14,17H,3,9-11H2,1-2H3,(H,19,20). The summed E-state index contributed by atoms with van der Waals surface area (Å²) in [6, 6.07) is 9.16. The van der Waals surface area contributed by atoms with Crippen LogP contribution in [0.15, 0.2) is 30.3 Å². The molecule has 1 aromatic rings. The van der Waals surface area contributed by atoms with Crippen molar-refractivity contribution in [1.29, 1.82) is 0 Å². The van der Waals surface area contributed by atoms with E-state index in [1.807, 2.05) is 30.3 Å². The molecule has 1 amide bonds. The SMILES string of the molecule is CCCSC(Cc1ccccc1)CC(NC(=O)O)C(=O)OC. The molecule has 0 aromatic heterocycles. The number of nitrogens with one attached hydrogen (secondary N) is 1. The van der Waals surface area contributed by atoms with Crippen molar-refractivity contribution >= 4 is 23.8 Å². The molecule has 0 aliphatic rings.